The van der Waals surface area contributed by atoms with Crippen LogP contribution in [0.4, 0.5) is 10.5 Å². The Hall–Kier alpha value is -1.72. The molecule has 0 spiro atoms. The minimum absolute atomic E-state index is 0.0246. The number of rotatable bonds is 4. The van der Waals surface area contributed by atoms with Gasteiger partial charge in [0.2, 0.25) is 0 Å². The van der Waals surface area contributed by atoms with Crippen LogP contribution in [0.1, 0.15) is 12.5 Å². The summed E-state index contributed by atoms with van der Waals surface area (Å²) in [6.07, 6.45) is 0.870. The van der Waals surface area contributed by atoms with Gasteiger partial charge in [0, 0.05) is 32.2 Å². The summed E-state index contributed by atoms with van der Waals surface area (Å²) in [6, 6.07) is 10.1. The number of piperazine rings is 1. The van der Waals surface area contributed by atoms with Crippen molar-refractivity contribution in [3.63, 3.8) is 0 Å². The third-order valence-corrected chi connectivity index (χ3v) is 5.30. The Kier molecular flexibility index (Phi) is 5.63. The molecule has 2 heterocycles. The molecule has 1 aliphatic rings. The minimum Gasteiger partial charge on any atom is -0.367 e. The number of carbonyl (C=O) groups excluding carboxylic acids is 1. The molecule has 4 nitrogen and oxygen atoms in total. The molecule has 1 N–H and O–H groups in total. The number of thiophene rings is 1. The smallest absolute Gasteiger partial charge is 0.317 e. The summed E-state index contributed by atoms with van der Waals surface area (Å²) in [5.74, 6) is 0. The van der Waals surface area contributed by atoms with Gasteiger partial charge in [0.15, 0.2) is 0 Å². The number of urea groups is 1. The molecule has 1 unspecified atom stereocenters. The number of amides is 2. The van der Waals surface area contributed by atoms with Crippen molar-refractivity contribution in [1.29, 1.82) is 0 Å². The van der Waals surface area contributed by atoms with Gasteiger partial charge >= 0.3 is 6.03 Å². The van der Waals surface area contributed by atoms with E-state index in [2.05, 4.69) is 34.0 Å². The van der Waals surface area contributed by atoms with E-state index in [1.165, 1.54) is 5.56 Å². The van der Waals surface area contributed by atoms with E-state index >= 15 is 0 Å². The van der Waals surface area contributed by atoms with Gasteiger partial charge in [0.25, 0.3) is 0 Å². The Morgan fingerprint density at radius 1 is 1.25 bits per heavy atom. The highest BCUT2D eigenvalue weighted by atomic mass is 35.5. The number of nitrogens with zero attached hydrogens (tertiary/aromatic N) is 2. The first-order chi connectivity index (χ1) is 11.6. The maximum Gasteiger partial charge on any atom is 0.317 e. The summed E-state index contributed by atoms with van der Waals surface area (Å²) >= 11 is 7.95. The number of anilines is 1. The van der Waals surface area contributed by atoms with E-state index in [0.29, 0.717) is 13.1 Å². The molecule has 0 radical (unpaired) electrons. The Bertz CT molecular complexity index is 669. The van der Waals surface area contributed by atoms with Crippen molar-refractivity contribution in [3.8, 4) is 0 Å². The number of carbonyl (C=O) groups is 1. The molecule has 6 heteroatoms. The standard InChI is InChI=1S/C18H22ClN3OS/c1-14(12-15-6-11-24-13-15)20-18(23)22-9-7-21(8-10-22)17-5-3-2-4-16(17)19/h2-6,11,13-14H,7-10,12H2,1H3,(H,20,23). The SMILES string of the molecule is CC(Cc1ccsc1)NC(=O)N1CCN(c2ccccc2Cl)CC1. The van der Waals surface area contributed by atoms with Crippen molar-refractivity contribution in [2.45, 2.75) is 19.4 Å². The molecule has 0 bridgehead atoms. The van der Waals surface area contributed by atoms with Gasteiger partial charge in [-0.1, -0.05) is 23.7 Å². The molecule has 1 aromatic heterocycles. The monoisotopic (exact) mass is 363 g/mol. The lowest BCUT2D eigenvalue weighted by Gasteiger charge is -2.36. The number of hydrogen-bond donors (Lipinski definition) is 1. The Labute approximate surface area is 152 Å². The normalized spacial score (nSPS) is 16.1. The third kappa shape index (κ3) is 4.22. The third-order valence-electron chi connectivity index (χ3n) is 4.25. The van der Waals surface area contributed by atoms with Crippen LogP contribution in [0, 0.1) is 0 Å². The highest BCUT2D eigenvalue weighted by Gasteiger charge is 2.23. The van der Waals surface area contributed by atoms with E-state index in [1.807, 2.05) is 29.2 Å². The molecule has 128 valence electrons. The highest BCUT2D eigenvalue weighted by molar-refractivity contribution is 7.07. The van der Waals surface area contributed by atoms with E-state index < -0.39 is 0 Å². The van der Waals surface area contributed by atoms with Crippen molar-refractivity contribution in [2.24, 2.45) is 0 Å². The zero-order chi connectivity index (χ0) is 16.9. The van der Waals surface area contributed by atoms with E-state index in [9.17, 15) is 4.79 Å². The number of para-hydroxylation sites is 1. The predicted molar refractivity (Wildman–Crippen MR) is 101 cm³/mol. The Morgan fingerprint density at radius 2 is 2.00 bits per heavy atom. The highest BCUT2D eigenvalue weighted by Crippen LogP contribution is 2.26. The lowest BCUT2D eigenvalue weighted by atomic mass is 10.1. The van der Waals surface area contributed by atoms with Gasteiger partial charge in [0.05, 0.1) is 10.7 Å². The van der Waals surface area contributed by atoms with E-state index in [1.54, 1.807) is 11.3 Å². The summed E-state index contributed by atoms with van der Waals surface area (Å²) in [7, 11) is 0. The molecular weight excluding hydrogens is 342 g/mol. The van der Waals surface area contributed by atoms with Crippen LogP contribution < -0.4 is 10.2 Å². The van der Waals surface area contributed by atoms with Gasteiger partial charge < -0.3 is 15.1 Å². The molecule has 1 fully saturated rings. The van der Waals surface area contributed by atoms with Gasteiger partial charge in [-0.15, -0.1) is 0 Å². The fourth-order valence-corrected chi connectivity index (χ4v) is 3.91. The maximum absolute atomic E-state index is 12.4. The summed E-state index contributed by atoms with van der Waals surface area (Å²) in [4.78, 5) is 16.5. The van der Waals surface area contributed by atoms with Crippen molar-refractivity contribution in [1.82, 2.24) is 10.2 Å². The van der Waals surface area contributed by atoms with Crippen molar-refractivity contribution >= 4 is 34.7 Å². The molecule has 3 rings (SSSR count). The van der Waals surface area contributed by atoms with Crippen molar-refractivity contribution in [2.75, 3.05) is 31.1 Å². The fraction of sp³-hybridized carbons (Fsp3) is 0.389. The second-order valence-corrected chi connectivity index (χ2v) is 7.30. The van der Waals surface area contributed by atoms with Gasteiger partial charge in [0.1, 0.15) is 0 Å². The molecule has 24 heavy (non-hydrogen) atoms. The van der Waals surface area contributed by atoms with Crippen molar-refractivity contribution < 1.29 is 4.79 Å². The second kappa shape index (κ2) is 7.90. The average molecular weight is 364 g/mol. The predicted octanol–water partition coefficient (Wildman–Crippen LogP) is 3.86. The van der Waals surface area contributed by atoms with Crippen molar-refractivity contribution in [3.05, 3.63) is 51.7 Å². The summed E-state index contributed by atoms with van der Waals surface area (Å²) < 4.78 is 0. The number of halogens is 1. The first kappa shape index (κ1) is 17.1. The second-order valence-electron chi connectivity index (χ2n) is 6.11. The van der Waals surface area contributed by atoms with E-state index in [0.717, 1.165) is 30.2 Å². The lowest BCUT2D eigenvalue weighted by molar-refractivity contribution is 0.191. The number of hydrogen-bond acceptors (Lipinski definition) is 3. The van der Waals surface area contributed by atoms with Crippen LogP contribution in [0.5, 0.6) is 0 Å². The Balaban J connectivity index is 1.49. The number of nitrogens with one attached hydrogen (secondary N) is 1. The topological polar surface area (TPSA) is 35.6 Å². The van der Waals surface area contributed by atoms with Gasteiger partial charge in [-0.25, -0.2) is 4.79 Å². The van der Waals surface area contributed by atoms with Gasteiger partial charge in [-0.2, -0.15) is 11.3 Å². The molecule has 1 atom stereocenters. The lowest BCUT2D eigenvalue weighted by Crippen LogP contribution is -2.53. The first-order valence-corrected chi connectivity index (χ1v) is 9.51. The molecule has 0 saturated carbocycles. The average Bonchev–Trinajstić information content (AvgIpc) is 3.08. The van der Waals surface area contributed by atoms with Crippen LogP contribution in [-0.4, -0.2) is 43.2 Å². The zero-order valence-corrected chi connectivity index (χ0v) is 15.3. The van der Waals surface area contributed by atoms with Crippen LogP contribution >= 0.6 is 22.9 Å². The molecule has 1 aliphatic heterocycles. The Morgan fingerprint density at radius 3 is 2.67 bits per heavy atom. The van der Waals surface area contributed by atoms with Gasteiger partial charge in [-0.05, 0) is 47.9 Å². The van der Waals surface area contributed by atoms with E-state index in [-0.39, 0.29) is 12.1 Å². The van der Waals surface area contributed by atoms with Gasteiger partial charge in [-0.3, -0.25) is 0 Å². The molecule has 2 aromatic rings. The molecule has 2 amide bonds. The molecular formula is C18H22ClN3OS. The van der Waals surface area contributed by atoms with Crippen LogP contribution in [0.15, 0.2) is 41.1 Å². The molecule has 1 saturated heterocycles. The molecule has 0 aliphatic carbocycles. The number of benzene rings is 1. The summed E-state index contributed by atoms with van der Waals surface area (Å²) in [6.45, 7) is 5.08. The van der Waals surface area contributed by atoms with Crippen LogP contribution in [-0.2, 0) is 6.42 Å². The van der Waals surface area contributed by atoms with E-state index in [4.69, 9.17) is 11.6 Å². The summed E-state index contributed by atoms with van der Waals surface area (Å²) in [5.41, 5.74) is 2.32. The largest absolute Gasteiger partial charge is 0.367 e. The molecule has 1 aromatic carbocycles. The van der Waals surface area contributed by atoms with Crippen LogP contribution in [0.3, 0.4) is 0 Å². The zero-order valence-electron chi connectivity index (χ0n) is 13.7. The maximum atomic E-state index is 12.4. The first-order valence-electron chi connectivity index (χ1n) is 8.19. The fourth-order valence-electron chi connectivity index (χ4n) is 2.97. The minimum atomic E-state index is 0.0246. The van der Waals surface area contributed by atoms with Crippen LogP contribution in [0.2, 0.25) is 5.02 Å². The summed E-state index contributed by atoms with van der Waals surface area (Å²) in [5, 5.41) is 8.06. The van der Waals surface area contributed by atoms with Crippen LogP contribution in [0.25, 0.3) is 0 Å². The quantitative estimate of drug-likeness (QED) is 0.895.